The van der Waals surface area contributed by atoms with Crippen LogP contribution in [0.1, 0.15) is 13.3 Å². The van der Waals surface area contributed by atoms with E-state index in [1.807, 2.05) is 4.90 Å². The molecule has 0 aromatic carbocycles. The zero-order chi connectivity index (χ0) is 12.3. The van der Waals surface area contributed by atoms with Crippen molar-refractivity contribution in [1.82, 2.24) is 9.80 Å². The number of likely N-dealkylation sites (tertiary alicyclic amines) is 1. The number of hydrogen-bond acceptors (Lipinski definition) is 4. The van der Waals surface area contributed by atoms with Crippen molar-refractivity contribution in [3.8, 4) is 0 Å². The Hall–Kier alpha value is -0.650. The van der Waals surface area contributed by atoms with Gasteiger partial charge in [-0.25, -0.2) is 0 Å². The van der Waals surface area contributed by atoms with E-state index in [0.717, 1.165) is 32.6 Å². The monoisotopic (exact) mass is 241 g/mol. The highest BCUT2D eigenvalue weighted by atomic mass is 16.5. The predicted octanol–water partition coefficient (Wildman–Crippen LogP) is -0.486. The van der Waals surface area contributed by atoms with Crippen molar-refractivity contribution in [2.75, 3.05) is 45.9 Å². The van der Waals surface area contributed by atoms with Gasteiger partial charge in [-0.2, -0.15) is 0 Å². The van der Waals surface area contributed by atoms with Crippen LogP contribution in [0.5, 0.6) is 0 Å². The van der Waals surface area contributed by atoms with E-state index < -0.39 is 0 Å². The summed E-state index contributed by atoms with van der Waals surface area (Å²) in [6.07, 6.45) is 1.09. The van der Waals surface area contributed by atoms with Gasteiger partial charge in [-0.3, -0.25) is 9.69 Å². The molecule has 5 heteroatoms. The van der Waals surface area contributed by atoms with Crippen LogP contribution in [0.15, 0.2) is 0 Å². The molecule has 0 radical (unpaired) electrons. The van der Waals surface area contributed by atoms with Crippen LogP contribution in [-0.2, 0) is 9.53 Å². The molecule has 2 heterocycles. The topological polar surface area (TPSA) is 58.8 Å². The molecule has 2 aliphatic rings. The lowest BCUT2D eigenvalue weighted by atomic mass is 9.94. The van der Waals surface area contributed by atoms with Gasteiger partial charge in [0.25, 0.3) is 0 Å². The standard InChI is InChI=1S/C12H23N3O2/c1-10-2-3-14(8-11(10)13)9-12(16)15-4-6-17-7-5-15/h10-11H,2-9,13H2,1H3. The summed E-state index contributed by atoms with van der Waals surface area (Å²) in [4.78, 5) is 16.1. The van der Waals surface area contributed by atoms with Crippen molar-refractivity contribution in [2.45, 2.75) is 19.4 Å². The number of nitrogens with two attached hydrogens (primary N) is 1. The fraction of sp³-hybridized carbons (Fsp3) is 0.917. The number of nitrogens with zero attached hydrogens (tertiary/aromatic N) is 2. The van der Waals surface area contributed by atoms with E-state index in [-0.39, 0.29) is 11.9 Å². The maximum atomic E-state index is 12.0. The average molecular weight is 241 g/mol. The normalized spacial score (nSPS) is 31.5. The van der Waals surface area contributed by atoms with E-state index in [2.05, 4.69) is 11.8 Å². The molecule has 0 aliphatic carbocycles. The van der Waals surface area contributed by atoms with E-state index in [0.29, 0.717) is 25.7 Å². The van der Waals surface area contributed by atoms with E-state index in [4.69, 9.17) is 10.5 Å². The van der Waals surface area contributed by atoms with Crippen LogP contribution < -0.4 is 5.73 Å². The zero-order valence-corrected chi connectivity index (χ0v) is 10.6. The van der Waals surface area contributed by atoms with Crippen LogP contribution in [0.2, 0.25) is 0 Å². The highest BCUT2D eigenvalue weighted by molar-refractivity contribution is 5.78. The Kier molecular flexibility index (Phi) is 4.36. The Bertz CT molecular complexity index is 266. The highest BCUT2D eigenvalue weighted by Crippen LogP contribution is 2.15. The van der Waals surface area contributed by atoms with E-state index >= 15 is 0 Å². The van der Waals surface area contributed by atoms with Gasteiger partial charge in [0.2, 0.25) is 5.91 Å². The van der Waals surface area contributed by atoms with Crippen molar-refractivity contribution in [1.29, 1.82) is 0 Å². The lowest BCUT2D eigenvalue weighted by Gasteiger charge is -2.36. The molecule has 2 fully saturated rings. The van der Waals surface area contributed by atoms with Crippen molar-refractivity contribution < 1.29 is 9.53 Å². The first-order valence-electron chi connectivity index (χ1n) is 6.50. The van der Waals surface area contributed by atoms with Crippen LogP contribution in [-0.4, -0.2) is 67.7 Å². The molecule has 2 unspecified atom stereocenters. The van der Waals surface area contributed by atoms with Crippen LogP contribution in [0, 0.1) is 5.92 Å². The number of amides is 1. The molecule has 2 aliphatic heterocycles. The van der Waals surface area contributed by atoms with E-state index in [9.17, 15) is 4.79 Å². The fourth-order valence-corrected chi connectivity index (χ4v) is 2.42. The lowest BCUT2D eigenvalue weighted by Crippen LogP contribution is -2.52. The average Bonchev–Trinajstić information content (AvgIpc) is 2.35. The van der Waals surface area contributed by atoms with Crippen LogP contribution in [0.25, 0.3) is 0 Å². The van der Waals surface area contributed by atoms with Gasteiger partial charge >= 0.3 is 0 Å². The van der Waals surface area contributed by atoms with Gasteiger partial charge in [-0.15, -0.1) is 0 Å². The summed E-state index contributed by atoms with van der Waals surface area (Å²) >= 11 is 0. The summed E-state index contributed by atoms with van der Waals surface area (Å²) in [5.41, 5.74) is 6.04. The second-order valence-electron chi connectivity index (χ2n) is 5.16. The molecule has 0 aromatic rings. The quantitative estimate of drug-likeness (QED) is 0.709. The molecule has 2 N–H and O–H groups in total. The Morgan fingerprint density at radius 2 is 2.06 bits per heavy atom. The number of rotatable bonds is 2. The van der Waals surface area contributed by atoms with Gasteiger partial charge in [0.1, 0.15) is 0 Å². The predicted molar refractivity (Wildman–Crippen MR) is 65.6 cm³/mol. The third kappa shape index (κ3) is 3.40. The molecule has 2 rings (SSSR count). The van der Waals surface area contributed by atoms with Crippen LogP contribution in [0.3, 0.4) is 0 Å². The maximum Gasteiger partial charge on any atom is 0.236 e. The third-order valence-corrected chi connectivity index (χ3v) is 3.82. The molecule has 0 aromatic heterocycles. The molecule has 0 saturated carbocycles. The molecule has 2 saturated heterocycles. The molecule has 98 valence electrons. The Morgan fingerprint density at radius 1 is 1.35 bits per heavy atom. The smallest absolute Gasteiger partial charge is 0.236 e. The molecule has 1 amide bonds. The van der Waals surface area contributed by atoms with Gasteiger partial charge in [0.15, 0.2) is 0 Å². The van der Waals surface area contributed by atoms with E-state index in [1.54, 1.807) is 0 Å². The summed E-state index contributed by atoms with van der Waals surface area (Å²) in [5, 5.41) is 0. The minimum atomic E-state index is 0.209. The summed E-state index contributed by atoms with van der Waals surface area (Å²) < 4.78 is 5.24. The molecule has 2 atom stereocenters. The second-order valence-corrected chi connectivity index (χ2v) is 5.16. The van der Waals surface area contributed by atoms with E-state index in [1.165, 1.54) is 0 Å². The second kappa shape index (κ2) is 5.80. The number of carbonyl (C=O) groups excluding carboxylic acids is 1. The molecule has 0 spiro atoms. The zero-order valence-electron chi connectivity index (χ0n) is 10.6. The lowest BCUT2D eigenvalue weighted by molar-refractivity contribution is -0.136. The molecule has 0 bridgehead atoms. The molecular formula is C12H23N3O2. The summed E-state index contributed by atoms with van der Waals surface area (Å²) in [6, 6.07) is 0.209. The first-order valence-corrected chi connectivity index (χ1v) is 6.50. The van der Waals surface area contributed by atoms with Gasteiger partial charge in [0, 0.05) is 25.7 Å². The third-order valence-electron chi connectivity index (χ3n) is 3.82. The summed E-state index contributed by atoms with van der Waals surface area (Å²) in [7, 11) is 0. The fourth-order valence-electron chi connectivity index (χ4n) is 2.42. The summed E-state index contributed by atoms with van der Waals surface area (Å²) in [5.74, 6) is 0.791. The SMILES string of the molecule is CC1CCN(CC(=O)N2CCOCC2)CC1N. The maximum absolute atomic E-state index is 12.0. The Labute approximate surface area is 103 Å². The number of piperidine rings is 1. The van der Waals surface area contributed by atoms with Gasteiger partial charge in [-0.1, -0.05) is 6.92 Å². The Morgan fingerprint density at radius 3 is 2.71 bits per heavy atom. The minimum Gasteiger partial charge on any atom is -0.378 e. The summed E-state index contributed by atoms with van der Waals surface area (Å²) in [6.45, 7) is 7.34. The van der Waals surface area contributed by atoms with Gasteiger partial charge in [0.05, 0.1) is 19.8 Å². The Balaban J connectivity index is 1.78. The van der Waals surface area contributed by atoms with Gasteiger partial charge in [-0.05, 0) is 18.9 Å². The van der Waals surface area contributed by atoms with Crippen molar-refractivity contribution >= 4 is 5.91 Å². The molecule has 17 heavy (non-hydrogen) atoms. The molecule has 5 nitrogen and oxygen atoms in total. The number of morpholine rings is 1. The number of carbonyl (C=O) groups is 1. The minimum absolute atomic E-state index is 0.209. The van der Waals surface area contributed by atoms with Crippen LogP contribution in [0.4, 0.5) is 0 Å². The van der Waals surface area contributed by atoms with Crippen molar-refractivity contribution in [3.63, 3.8) is 0 Å². The molecular weight excluding hydrogens is 218 g/mol. The van der Waals surface area contributed by atoms with Gasteiger partial charge < -0.3 is 15.4 Å². The largest absolute Gasteiger partial charge is 0.378 e. The highest BCUT2D eigenvalue weighted by Gasteiger charge is 2.26. The number of hydrogen-bond donors (Lipinski definition) is 1. The van der Waals surface area contributed by atoms with Crippen molar-refractivity contribution in [2.24, 2.45) is 11.7 Å². The number of ether oxygens (including phenoxy) is 1. The first-order chi connectivity index (χ1) is 8.16. The van der Waals surface area contributed by atoms with Crippen LogP contribution >= 0.6 is 0 Å². The first kappa shape index (κ1) is 12.8. The van der Waals surface area contributed by atoms with Crippen molar-refractivity contribution in [3.05, 3.63) is 0 Å².